The number of hydrogen-bond donors (Lipinski definition) is 3. The monoisotopic (exact) mass is 312 g/mol. The molecule has 1 aromatic heterocycles. The van der Waals surface area contributed by atoms with Gasteiger partial charge in [0.25, 0.3) is 0 Å². The lowest BCUT2D eigenvalue weighted by Crippen LogP contribution is -2.28. The van der Waals surface area contributed by atoms with Crippen LogP contribution in [0.5, 0.6) is 0 Å². The summed E-state index contributed by atoms with van der Waals surface area (Å²) in [5.74, 6) is 5.34. The Labute approximate surface area is 122 Å². The van der Waals surface area contributed by atoms with E-state index in [2.05, 4.69) is 15.1 Å². The molecule has 6 nitrogen and oxygen atoms in total. The second kappa shape index (κ2) is 5.88. The largest absolute Gasteiger partial charge is 0.323 e. The maximum Gasteiger partial charge on any atom is 0.243 e. The maximum atomic E-state index is 12.4. The summed E-state index contributed by atoms with van der Waals surface area (Å²) in [6, 6.07) is 6.06. The van der Waals surface area contributed by atoms with Gasteiger partial charge in [-0.2, -0.15) is 0 Å². The van der Waals surface area contributed by atoms with E-state index in [9.17, 15) is 8.42 Å². The minimum Gasteiger partial charge on any atom is -0.323 e. The maximum absolute atomic E-state index is 12.4. The van der Waals surface area contributed by atoms with E-state index < -0.39 is 16.1 Å². The van der Waals surface area contributed by atoms with Crippen molar-refractivity contribution < 1.29 is 8.42 Å². The van der Waals surface area contributed by atoms with Crippen molar-refractivity contribution in [1.82, 2.24) is 9.71 Å². The molecular weight excluding hydrogens is 296 g/mol. The highest BCUT2D eigenvalue weighted by Gasteiger charge is 2.22. The van der Waals surface area contributed by atoms with Gasteiger partial charge in [0.15, 0.2) is 0 Å². The highest BCUT2D eigenvalue weighted by molar-refractivity contribution is 7.89. The first-order valence-electron chi connectivity index (χ1n) is 5.94. The minimum absolute atomic E-state index is 0.114. The van der Waals surface area contributed by atoms with Gasteiger partial charge in [0.05, 0.1) is 11.7 Å². The van der Waals surface area contributed by atoms with Crippen molar-refractivity contribution in [2.45, 2.75) is 24.8 Å². The zero-order chi connectivity index (χ0) is 14.8. The summed E-state index contributed by atoms with van der Waals surface area (Å²) in [4.78, 5) is 5.34. The molecule has 0 aliphatic rings. The minimum atomic E-state index is -3.67. The van der Waals surface area contributed by atoms with Gasteiger partial charge in [-0.1, -0.05) is 12.1 Å². The molecule has 1 atom stereocenters. The number of hydrogen-bond acceptors (Lipinski definition) is 6. The molecule has 0 bridgehead atoms. The van der Waals surface area contributed by atoms with Gasteiger partial charge in [-0.05, 0) is 26.0 Å². The lowest BCUT2D eigenvalue weighted by molar-refractivity contribution is 0.566. The third-order valence-corrected chi connectivity index (χ3v) is 5.37. The highest BCUT2D eigenvalue weighted by Crippen LogP contribution is 2.24. The number of nitrogens with two attached hydrogens (primary N) is 1. The van der Waals surface area contributed by atoms with E-state index in [0.29, 0.717) is 5.69 Å². The zero-order valence-corrected chi connectivity index (χ0v) is 12.8. The van der Waals surface area contributed by atoms with E-state index in [-0.39, 0.29) is 4.90 Å². The number of nitrogen functional groups attached to an aromatic ring is 1. The fourth-order valence-corrected chi connectivity index (χ4v) is 3.97. The zero-order valence-electron chi connectivity index (χ0n) is 11.1. The smallest absolute Gasteiger partial charge is 0.243 e. The van der Waals surface area contributed by atoms with Crippen LogP contribution in [0.1, 0.15) is 22.9 Å². The van der Waals surface area contributed by atoms with Crippen LogP contribution in [0.2, 0.25) is 0 Å². The van der Waals surface area contributed by atoms with Crippen molar-refractivity contribution in [2.24, 2.45) is 5.84 Å². The fourth-order valence-electron chi connectivity index (χ4n) is 1.74. The van der Waals surface area contributed by atoms with E-state index in [1.807, 2.05) is 6.92 Å². The molecule has 0 fully saturated rings. The van der Waals surface area contributed by atoms with Gasteiger partial charge < -0.3 is 5.43 Å². The number of hydrazine groups is 1. The Kier molecular flexibility index (Phi) is 4.39. The Bertz CT molecular complexity index is 697. The van der Waals surface area contributed by atoms with Crippen LogP contribution in [-0.2, 0) is 10.0 Å². The normalized spacial score (nSPS) is 13.2. The Morgan fingerprint density at radius 1 is 1.35 bits per heavy atom. The van der Waals surface area contributed by atoms with Gasteiger partial charge in [0.1, 0.15) is 9.90 Å². The molecule has 1 heterocycles. The van der Waals surface area contributed by atoms with Crippen molar-refractivity contribution in [3.63, 3.8) is 0 Å². The summed E-state index contributed by atoms with van der Waals surface area (Å²) >= 11 is 1.46. The molecule has 1 unspecified atom stereocenters. The number of sulfonamides is 1. The number of nitrogens with one attached hydrogen (secondary N) is 2. The fraction of sp³-hybridized carbons (Fsp3) is 0.250. The standard InChI is InChI=1S/C12H16N4O2S2/c1-8-7-14-12(19-8)9(2)16-20(17,18)11-6-4-3-5-10(11)15-13/h3-7,9,15-16H,13H2,1-2H3. The molecule has 108 valence electrons. The van der Waals surface area contributed by atoms with Crippen LogP contribution in [0.25, 0.3) is 0 Å². The van der Waals surface area contributed by atoms with E-state index in [0.717, 1.165) is 9.88 Å². The summed E-state index contributed by atoms with van der Waals surface area (Å²) in [6.45, 7) is 3.68. The first-order valence-corrected chi connectivity index (χ1v) is 8.24. The lowest BCUT2D eigenvalue weighted by atomic mass is 10.3. The second-order valence-electron chi connectivity index (χ2n) is 4.29. The molecule has 2 rings (SSSR count). The van der Waals surface area contributed by atoms with Crippen LogP contribution < -0.4 is 16.0 Å². The molecule has 0 saturated carbocycles. The number of para-hydroxylation sites is 1. The molecule has 8 heteroatoms. The van der Waals surface area contributed by atoms with Gasteiger partial charge in [-0.15, -0.1) is 11.3 Å². The molecule has 0 amide bonds. The number of benzene rings is 1. The second-order valence-corrected chi connectivity index (χ2v) is 7.24. The van der Waals surface area contributed by atoms with Gasteiger partial charge in [0.2, 0.25) is 10.0 Å². The Balaban J connectivity index is 2.27. The van der Waals surface area contributed by atoms with Gasteiger partial charge in [-0.25, -0.2) is 18.1 Å². The Hall–Kier alpha value is -1.48. The van der Waals surface area contributed by atoms with Crippen LogP contribution in [0.15, 0.2) is 35.4 Å². The summed E-state index contributed by atoms with van der Waals surface area (Å²) in [5, 5.41) is 0.726. The quantitative estimate of drug-likeness (QED) is 0.577. The summed E-state index contributed by atoms with van der Waals surface area (Å²) in [6.07, 6.45) is 1.72. The first kappa shape index (κ1) is 14.9. The molecule has 4 N–H and O–H groups in total. The molecule has 0 radical (unpaired) electrons. The average Bonchev–Trinajstić information content (AvgIpc) is 2.85. The Morgan fingerprint density at radius 2 is 2.05 bits per heavy atom. The van der Waals surface area contributed by atoms with Gasteiger partial charge >= 0.3 is 0 Å². The van der Waals surface area contributed by atoms with Crippen LogP contribution in [0.3, 0.4) is 0 Å². The van der Waals surface area contributed by atoms with E-state index in [4.69, 9.17) is 5.84 Å². The van der Waals surface area contributed by atoms with Gasteiger partial charge in [-0.3, -0.25) is 5.84 Å². The van der Waals surface area contributed by atoms with Crippen LogP contribution in [0, 0.1) is 6.92 Å². The Morgan fingerprint density at radius 3 is 2.65 bits per heavy atom. The molecule has 2 aromatic rings. The summed E-state index contributed by atoms with van der Waals surface area (Å²) in [5.41, 5.74) is 2.74. The van der Waals surface area contributed by atoms with Crippen molar-refractivity contribution >= 4 is 27.0 Å². The third-order valence-electron chi connectivity index (χ3n) is 2.67. The number of nitrogens with zero attached hydrogens (tertiary/aromatic N) is 1. The molecule has 0 spiro atoms. The number of aromatic nitrogens is 1. The number of thiazole rings is 1. The van der Waals surface area contributed by atoms with Crippen LogP contribution in [-0.4, -0.2) is 13.4 Å². The topological polar surface area (TPSA) is 97.1 Å². The van der Waals surface area contributed by atoms with E-state index in [1.54, 1.807) is 31.3 Å². The van der Waals surface area contributed by atoms with Crippen molar-refractivity contribution in [2.75, 3.05) is 5.43 Å². The predicted molar refractivity (Wildman–Crippen MR) is 79.8 cm³/mol. The lowest BCUT2D eigenvalue weighted by Gasteiger charge is -2.14. The number of aryl methyl sites for hydroxylation is 1. The van der Waals surface area contributed by atoms with Crippen LogP contribution in [0.4, 0.5) is 5.69 Å². The predicted octanol–water partition coefficient (Wildman–Crippen LogP) is 1.78. The molecular formula is C12H16N4O2S2. The van der Waals surface area contributed by atoms with E-state index >= 15 is 0 Å². The van der Waals surface area contributed by atoms with Crippen LogP contribution >= 0.6 is 11.3 Å². The summed E-state index contributed by atoms with van der Waals surface area (Å²) in [7, 11) is -3.67. The molecule has 0 aliphatic carbocycles. The van der Waals surface area contributed by atoms with Crippen molar-refractivity contribution in [3.05, 3.63) is 40.3 Å². The number of rotatable bonds is 5. The SMILES string of the molecule is Cc1cnc(C(C)NS(=O)(=O)c2ccccc2NN)s1. The number of anilines is 1. The van der Waals surface area contributed by atoms with Gasteiger partial charge in [0, 0.05) is 11.1 Å². The first-order chi connectivity index (χ1) is 9.44. The molecule has 0 aliphatic heterocycles. The molecule has 20 heavy (non-hydrogen) atoms. The third kappa shape index (κ3) is 3.15. The summed E-state index contributed by atoms with van der Waals surface area (Å²) < 4.78 is 27.3. The molecule has 0 saturated heterocycles. The molecule has 1 aromatic carbocycles. The van der Waals surface area contributed by atoms with Crippen molar-refractivity contribution in [1.29, 1.82) is 0 Å². The van der Waals surface area contributed by atoms with Crippen molar-refractivity contribution in [3.8, 4) is 0 Å². The highest BCUT2D eigenvalue weighted by atomic mass is 32.2. The van der Waals surface area contributed by atoms with E-state index in [1.165, 1.54) is 17.4 Å². The average molecular weight is 312 g/mol.